The number of halogens is 5. The molecule has 0 aliphatic heterocycles. The molecule has 0 aliphatic carbocycles. The molecule has 0 saturated heterocycles. The molecule has 0 aliphatic rings. The van der Waals surface area contributed by atoms with Crippen LogP contribution in [0.15, 0.2) is 12.1 Å². The second-order valence-corrected chi connectivity index (χ2v) is 2.68. The molecule has 0 atom stereocenters. The molecule has 0 saturated carbocycles. The second-order valence-electron chi connectivity index (χ2n) is 2.41. The lowest BCUT2D eigenvalue weighted by atomic mass is 10.1. The van der Waals surface area contributed by atoms with Gasteiger partial charge < -0.3 is 0 Å². The van der Waals surface area contributed by atoms with Crippen LogP contribution < -0.4 is 0 Å². The minimum atomic E-state index is -2.82. The summed E-state index contributed by atoms with van der Waals surface area (Å²) in [6.45, 7) is 0. The number of benzene rings is 1. The minimum Gasteiger partial charge on any atom is -0.205 e. The van der Waals surface area contributed by atoms with Crippen LogP contribution in [0, 0.1) is 11.6 Å². The summed E-state index contributed by atoms with van der Waals surface area (Å²) in [6.07, 6.45) is -2.82. The van der Waals surface area contributed by atoms with Crippen molar-refractivity contribution < 1.29 is 17.6 Å². The highest BCUT2D eigenvalue weighted by Crippen LogP contribution is 2.24. The normalized spacial score (nSPS) is 10.9. The second kappa shape index (κ2) is 3.96. The molecule has 1 aromatic rings. The number of hydrogen-bond acceptors (Lipinski definition) is 0. The van der Waals surface area contributed by atoms with Gasteiger partial charge in [-0.1, -0.05) is 0 Å². The molecule has 0 fully saturated rings. The molecule has 0 heterocycles. The molecule has 5 heteroatoms. The summed E-state index contributed by atoms with van der Waals surface area (Å²) in [5.41, 5.74) is -0.813. The molecular formula is C8H5ClF4. The molecule has 1 rings (SSSR count). The molecule has 0 spiro atoms. The van der Waals surface area contributed by atoms with Crippen molar-refractivity contribution in [3.05, 3.63) is 34.9 Å². The Kier molecular flexibility index (Phi) is 3.14. The molecule has 0 unspecified atom stereocenters. The highest BCUT2D eigenvalue weighted by Gasteiger charge is 2.14. The summed E-state index contributed by atoms with van der Waals surface area (Å²) >= 11 is 5.23. The zero-order valence-corrected chi connectivity index (χ0v) is 7.08. The van der Waals surface area contributed by atoms with E-state index in [1.54, 1.807) is 0 Å². The average molecular weight is 213 g/mol. The maximum absolute atomic E-state index is 12.7. The van der Waals surface area contributed by atoms with Crippen LogP contribution in [-0.2, 0) is 5.88 Å². The first-order chi connectivity index (χ1) is 6.06. The Bertz CT molecular complexity index is 311. The van der Waals surface area contributed by atoms with Crippen molar-refractivity contribution in [3.63, 3.8) is 0 Å². The van der Waals surface area contributed by atoms with Gasteiger partial charge in [-0.05, 0) is 12.1 Å². The van der Waals surface area contributed by atoms with E-state index in [2.05, 4.69) is 0 Å². The van der Waals surface area contributed by atoms with Gasteiger partial charge in [0.25, 0.3) is 6.43 Å². The van der Waals surface area contributed by atoms with Gasteiger partial charge in [-0.2, -0.15) is 0 Å². The Hall–Kier alpha value is -0.770. The number of alkyl halides is 3. The van der Waals surface area contributed by atoms with Crippen LogP contribution in [0.2, 0.25) is 0 Å². The van der Waals surface area contributed by atoms with Crippen molar-refractivity contribution in [1.29, 1.82) is 0 Å². The Labute approximate surface area is 77.1 Å². The number of hydrogen-bond donors (Lipinski definition) is 0. The van der Waals surface area contributed by atoms with E-state index in [4.69, 9.17) is 11.6 Å². The summed E-state index contributed by atoms with van der Waals surface area (Å²) < 4.78 is 49.5. The highest BCUT2D eigenvalue weighted by molar-refractivity contribution is 6.17. The maximum atomic E-state index is 12.7. The van der Waals surface area contributed by atoms with Gasteiger partial charge >= 0.3 is 0 Å². The molecule has 0 bridgehead atoms. The highest BCUT2D eigenvalue weighted by atomic mass is 35.5. The van der Waals surface area contributed by atoms with Gasteiger partial charge in [0.15, 0.2) is 11.6 Å². The third kappa shape index (κ3) is 2.12. The Morgan fingerprint density at radius 2 is 1.85 bits per heavy atom. The smallest absolute Gasteiger partial charge is 0.205 e. The summed E-state index contributed by atoms with van der Waals surface area (Å²) in [5.74, 6) is -2.80. The van der Waals surface area contributed by atoms with E-state index in [1.165, 1.54) is 0 Å². The zero-order valence-electron chi connectivity index (χ0n) is 6.33. The van der Waals surface area contributed by atoms with Crippen molar-refractivity contribution in [1.82, 2.24) is 0 Å². The maximum Gasteiger partial charge on any atom is 0.263 e. The van der Waals surface area contributed by atoms with E-state index >= 15 is 0 Å². The largest absolute Gasteiger partial charge is 0.263 e. The lowest BCUT2D eigenvalue weighted by molar-refractivity contribution is 0.150. The summed E-state index contributed by atoms with van der Waals surface area (Å²) in [6, 6.07) is 1.33. The summed E-state index contributed by atoms with van der Waals surface area (Å²) in [4.78, 5) is 0. The van der Waals surface area contributed by atoms with Gasteiger partial charge in [-0.15, -0.1) is 11.6 Å². The van der Waals surface area contributed by atoms with Gasteiger partial charge in [0.2, 0.25) is 0 Å². The van der Waals surface area contributed by atoms with Crippen molar-refractivity contribution in [3.8, 4) is 0 Å². The molecule has 1 aromatic carbocycles. The van der Waals surface area contributed by atoms with E-state index in [9.17, 15) is 17.6 Å². The molecule has 0 N–H and O–H groups in total. The van der Waals surface area contributed by atoms with E-state index in [-0.39, 0.29) is 11.4 Å². The molecular weight excluding hydrogens is 208 g/mol. The Morgan fingerprint density at radius 1 is 1.23 bits per heavy atom. The van der Waals surface area contributed by atoms with Crippen molar-refractivity contribution in [2.24, 2.45) is 0 Å². The van der Waals surface area contributed by atoms with Gasteiger partial charge in [0.1, 0.15) is 0 Å². The van der Waals surface area contributed by atoms with Gasteiger partial charge in [0, 0.05) is 11.1 Å². The fraction of sp³-hybridized carbons (Fsp3) is 0.250. The van der Waals surface area contributed by atoms with Crippen LogP contribution in [-0.4, -0.2) is 0 Å². The van der Waals surface area contributed by atoms with Crippen molar-refractivity contribution in [2.75, 3.05) is 0 Å². The SMILES string of the molecule is Fc1cc(C(F)F)cc(CCl)c1F. The quantitative estimate of drug-likeness (QED) is 0.519. The lowest BCUT2D eigenvalue weighted by Gasteiger charge is -2.04. The Balaban J connectivity index is 3.22. The molecule has 0 amide bonds. The predicted octanol–water partition coefficient (Wildman–Crippen LogP) is 3.64. The first kappa shape index (κ1) is 10.3. The molecule has 72 valence electrons. The van der Waals surface area contributed by atoms with Crippen molar-refractivity contribution in [2.45, 2.75) is 12.3 Å². The first-order valence-electron chi connectivity index (χ1n) is 3.38. The van der Waals surface area contributed by atoms with Crippen LogP contribution in [0.3, 0.4) is 0 Å². The van der Waals surface area contributed by atoms with Crippen molar-refractivity contribution >= 4 is 11.6 Å². The molecule has 0 aromatic heterocycles. The number of rotatable bonds is 2. The Morgan fingerprint density at radius 3 is 2.31 bits per heavy atom. The predicted molar refractivity (Wildman–Crippen MR) is 40.9 cm³/mol. The van der Waals surface area contributed by atoms with Gasteiger partial charge in [-0.25, -0.2) is 17.6 Å². The molecule has 0 nitrogen and oxygen atoms in total. The third-order valence-corrected chi connectivity index (χ3v) is 1.81. The fourth-order valence-electron chi connectivity index (χ4n) is 0.893. The molecule has 13 heavy (non-hydrogen) atoms. The molecule has 0 radical (unpaired) electrons. The third-order valence-electron chi connectivity index (χ3n) is 1.52. The van der Waals surface area contributed by atoms with E-state index in [0.29, 0.717) is 6.07 Å². The zero-order chi connectivity index (χ0) is 10.0. The summed E-state index contributed by atoms with van der Waals surface area (Å²) in [5, 5.41) is 0. The van der Waals surface area contributed by atoms with Crippen LogP contribution in [0.4, 0.5) is 17.6 Å². The van der Waals surface area contributed by atoms with E-state index in [0.717, 1.165) is 6.07 Å². The first-order valence-corrected chi connectivity index (χ1v) is 3.91. The topological polar surface area (TPSA) is 0 Å². The average Bonchev–Trinajstić information content (AvgIpc) is 2.09. The van der Waals surface area contributed by atoms with E-state index in [1.807, 2.05) is 0 Å². The monoisotopic (exact) mass is 212 g/mol. The van der Waals surface area contributed by atoms with Crippen LogP contribution in [0.1, 0.15) is 17.6 Å². The van der Waals surface area contributed by atoms with E-state index < -0.39 is 23.6 Å². The summed E-state index contributed by atoms with van der Waals surface area (Å²) in [7, 11) is 0. The van der Waals surface area contributed by atoms with Crippen LogP contribution in [0.5, 0.6) is 0 Å². The van der Waals surface area contributed by atoms with Gasteiger partial charge in [0.05, 0.1) is 5.88 Å². The minimum absolute atomic E-state index is 0.253. The lowest BCUT2D eigenvalue weighted by Crippen LogP contribution is -1.96. The fourth-order valence-corrected chi connectivity index (χ4v) is 1.09. The standard InChI is InChI=1S/C8H5ClF4/c9-3-5-1-4(8(12)13)2-6(10)7(5)11/h1-2,8H,3H2. The van der Waals surface area contributed by atoms with Gasteiger partial charge in [-0.3, -0.25) is 0 Å². The van der Waals surface area contributed by atoms with Crippen LogP contribution in [0.25, 0.3) is 0 Å². The van der Waals surface area contributed by atoms with Crippen LogP contribution >= 0.6 is 11.6 Å².